The second kappa shape index (κ2) is 13.8. The first-order valence-corrected chi connectivity index (χ1v) is 15.0. The normalized spacial score (nSPS) is 14.2. The highest BCUT2D eigenvalue weighted by atomic mass is 35.5. The Labute approximate surface area is 247 Å². The molecule has 41 heavy (non-hydrogen) atoms. The van der Waals surface area contributed by atoms with Crippen molar-refractivity contribution in [1.29, 1.82) is 0 Å². The third-order valence-electron chi connectivity index (χ3n) is 6.37. The lowest BCUT2D eigenvalue weighted by Crippen LogP contribution is -2.50. The predicted molar refractivity (Wildman–Crippen MR) is 155 cm³/mol. The van der Waals surface area contributed by atoms with Crippen LogP contribution in [-0.4, -0.2) is 99.5 Å². The van der Waals surface area contributed by atoms with E-state index in [1.165, 1.54) is 44.4 Å². The fourth-order valence-electron chi connectivity index (χ4n) is 4.29. The molecule has 2 heterocycles. The van der Waals surface area contributed by atoms with Gasteiger partial charge in [-0.2, -0.15) is 4.31 Å². The highest BCUT2D eigenvalue weighted by Gasteiger charge is 2.31. The molecule has 2 amide bonds. The number of hydrogen-bond donors (Lipinski definition) is 0. The molecule has 3 aromatic rings. The van der Waals surface area contributed by atoms with Gasteiger partial charge in [-0.25, -0.2) is 27.0 Å². The first-order chi connectivity index (χ1) is 19.0. The Bertz CT molecular complexity index is 1480. The monoisotopic (exact) mass is 631 g/mol. The van der Waals surface area contributed by atoms with Gasteiger partial charge in [0.1, 0.15) is 11.3 Å². The van der Waals surface area contributed by atoms with Crippen LogP contribution in [0, 0.1) is 11.6 Å². The predicted octanol–water partition coefficient (Wildman–Crippen LogP) is 4.06. The number of piperazine rings is 1. The van der Waals surface area contributed by atoms with Crippen LogP contribution in [0.4, 0.5) is 18.7 Å². The Morgan fingerprint density at radius 2 is 1.71 bits per heavy atom. The van der Waals surface area contributed by atoms with Crippen molar-refractivity contribution >= 4 is 61.1 Å². The van der Waals surface area contributed by atoms with E-state index in [4.69, 9.17) is 4.74 Å². The van der Waals surface area contributed by atoms with Gasteiger partial charge in [-0.3, -0.25) is 9.69 Å². The molecule has 15 heteroatoms. The maximum Gasteiger partial charge on any atom is 0.409 e. The number of rotatable bonds is 9. The average molecular weight is 632 g/mol. The largest absolute Gasteiger partial charge is 0.450 e. The van der Waals surface area contributed by atoms with Crippen molar-refractivity contribution in [2.24, 2.45) is 0 Å². The third kappa shape index (κ3) is 7.49. The van der Waals surface area contributed by atoms with Gasteiger partial charge in [0.15, 0.2) is 10.9 Å². The average Bonchev–Trinajstić information content (AvgIpc) is 3.35. The molecule has 0 aliphatic carbocycles. The molecular weight excluding hydrogens is 600 g/mol. The van der Waals surface area contributed by atoms with Crippen LogP contribution in [0.25, 0.3) is 10.2 Å². The summed E-state index contributed by atoms with van der Waals surface area (Å²) >= 11 is 1.01. The highest BCUT2D eigenvalue weighted by molar-refractivity contribution is 7.89. The Morgan fingerprint density at radius 1 is 1.05 bits per heavy atom. The van der Waals surface area contributed by atoms with Crippen LogP contribution in [0.15, 0.2) is 41.3 Å². The molecule has 224 valence electrons. The van der Waals surface area contributed by atoms with Crippen molar-refractivity contribution in [3.63, 3.8) is 0 Å². The molecule has 1 fully saturated rings. The summed E-state index contributed by atoms with van der Waals surface area (Å²) in [7, 11) is -0.0502. The lowest BCUT2D eigenvalue weighted by Gasteiger charge is -2.33. The molecule has 0 spiro atoms. The number of ether oxygens (including phenoxy) is 1. The number of fused-ring (bicyclic) bond motifs is 1. The molecule has 10 nitrogen and oxygen atoms in total. The van der Waals surface area contributed by atoms with Crippen LogP contribution < -0.4 is 4.90 Å². The van der Waals surface area contributed by atoms with Crippen molar-refractivity contribution in [1.82, 2.24) is 19.1 Å². The van der Waals surface area contributed by atoms with Crippen LogP contribution in [0.5, 0.6) is 0 Å². The summed E-state index contributed by atoms with van der Waals surface area (Å²) in [4.78, 5) is 34.6. The summed E-state index contributed by atoms with van der Waals surface area (Å²) < 4.78 is 61.0. The Balaban J connectivity index is 0.00000462. The van der Waals surface area contributed by atoms with E-state index in [0.29, 0.717) is 13.0 Å². The second-order valence-electron chi connectivity index (χ2n) is 9.46. The van der Waals surface area contributed by atoms with E-state index in [9.17, 15) is 26.8 Å². The van der Waals surface area contributed by atoms with Gasteiger partial charge in [-0.1, -0.05) is 11.3 Å². The molecular formula is C26H32ClF2N5O5S2. The summed E-state index contributed by atoms with van der Waals surface area (Å²) in [6, 6.07) is 7.51. The highest BCUT2D eigenvalue weighted by Crippen LogP contribution is 2.32. The quantitative estimate of drug-likeness (QED) is 0.351. The van der Waals surface area contributed by atoms with Crippen LogP contribution in [0.2, 0.25) is 0 Å². The van der Waals surface area contributed by atoms with Gasteiger partial charge in [0.05, 0.1) is 16.2 Å². The number of carbonyl (C=O) groups is 2. The number of amides is 2. The molecule has 0 unspecified atom stereocenters. The first-order valence-electron chi connectivity index (χ1n) is 12.8. The van der Waals surface area contributed by atoms with Gasteiger partial charge < -0.3 is 14.5 Å². The van der Waals surface area contributed by atoms with E-state index in [1.54, 1.807) is 6.92 Å². The first kappa shape index (κ1) is 32.6. The molecule has 1 aliphatic rings. The van der Waals surface area contributed by atoms with Gasteiger partial charge in [0, 0.05) is 44.4 Å². The van der Waals surface area contributed by atoms with E-state index in [-0.39, 0.29) is 77.5 Å². The fraction of sp³-hybridized carbons (Fsp3) is 0.423. The summed E-state index contributed by atoms with van der Waals surface area (Å²) in [5, 5.41) is 0.222. The molecule has 4 rings (SSSR count). The van der Waals surface area contributed by atoms with Gasteiger partial charge in [-0.15, -0.1) is 12.4 Å². The molecule has 0 radical (unpaired) electrons. The minimum absolute atomic E-state index is 0. The zero-order valence-electron chi connectivity index (χ0n) is 22.9. The van der Waals surface area contributed by atoms with E-state index < -0.39 is 33.7 Å². The van der Waals surface area contributed by atoms with Gasteiger partial charge in [0.25, 0.3) is 5.91 Å². The van der Waals surface area contributed by atoms with Crippen molar-refractivity contribution in [3.05, 3.63) is 53.6 Å². The lowest BCUT2D eigenvalue weighted by molar-refractivity contribution is 0.0933. The Hall–Kier alpha value is -2.91. The number of benzene rings is 2. The number of thiazole rings is 1. The minimum Gasteiger partial charge on any atom is -0.450 e. The van der Waals surface area contributed by atoms with Crippen LogP contribution in [-0.2, 0) is 14.8 Å². The molecule has 2 aromatic carbocycles. The lowest BCUT2D eigenvalue weighted by atomic mass is 10.2. The number of sulfonamides is 1. The topological polar surface area (TPSA) is 103 Å². The molecule has 1 aromatic heterocycles. The summed E-state index contributed by atoms with van der Waals surface area (Å²) in [6.07, 6.45) is 0.119. The Morgan fingerprint density at radius 3 is 2.32 bits per heavy atom. The van der Waals surface area contributed by atoms with Gasteiger partial charge in [0.2, 0.25) is 10.0 Å². The van der Waals surface area contributed by atoms with Gasteiger partial charge >= 0.3 is 6.09 Å². The smallest absolute Gasteiger partial charge is 0.409 e. The molecule has 0 N–H and O–H groups in total. The van der Waals surface area contributed by atoms with E-state index in [1.807, 2.05) is 19.0 Å². The summed E-state index contributed by atoms with van der Waals surface area (Å²) in [5.74, 6) is -1.98. The van der Waals surface area contributed by atoms with Crippen LogP contribution in [0.1, 0.15) is 23.7 Å². The van der Waals surface area contributed by atoms with Crippen LogP contribution >= 0.6 is 23.7 Å². The van der Waals surface area contributed by atoms with Crippen molar-refractivity contribution in [3.8, 4) is 0 Å². The minimum atomic E-state index is -3.85. The number of nitrogens with zero attached hydrogens (tertiary/aromatic N) is 5. The maximum absolute atomic E-state index is 14.3. The fourth-order valence-corrected chi connectivity index (χ4v) is 6.74. The Kier molecular flexibility index (Phi) is 11.0. The zero-order chi connectivity index (χ0) is 29.0. The number of aromatic nitrogens is 1. The van der Waals surface area contributed by atoms with E-state index in [0.717, 1.165) is 17.4 Å². The molecule has 0 bridgehead atoms. The summed E-state index contributed by atoms with van der Waals surface area (Å²) in [5.41, 5.74) is 0.207. The van der Waals surface area contributed by atoms with Gasteiger partial charge in [-0.05, 0) is 64.3 Å². The number of halogens is 3. The van der Waals surface area contributed by atoms with Crippen LogP contribution in [0.3, 0.4) is 0 Å². The zero-order valence-corrected chi connectivity index (χ0v) is 25.3. The molecule has 1 saturated heterocycles. The van der Waals surface area contributed by atoms with Crippen molar-refractivity contribution < 1.29 is 31.5 Å². The van der Waals surface area contributed by atoms with Crippen molar-refractivity contribution in [2.75, 3.05) is 64.9 Å². The SMILES string of the molecule is CCOC(=O)N1CCN(S(=O)(=O)c2ccc(C(=O)N(CCCN(C)C)c3nc4c(F)cc(F)cc4s3)cc2)CC1.Cl. The standard InChI is InChI=1S/C26H31F2N5O5S2.ClH/c1-4-38-26(35)31-12-14-32(15-13-31)40(36,37)20-8-6-18(7-9-20)24(34)33(11-5-10-30(2)3)25-29-23-21(28)16-19(27)17-22(23)39-25;/h6-9,16-17H,4-5,10-15H2,1-3H3;1H. The molecule has 0 saturated carbocycles. The maximum atomic E-state index is 14.3. The second-order valence-corrected chi connectivity index (χ2v) is 12.4. The number of anilines is 1. The van der Waals surface area contributed by atoms with E-state index >= 15 is 0 Å². The van der Waals surface area contributed by atoms with Crippen molar-refractivity contribution in [2.45, 2.75) is 18.2 Å². The van der Waals surface area contributed by atoms with E-state index in [2.05, 4.69) is 4.98 Å². The molecule has 0 atom stereocenters. The molecule has 1 aliphatic heterocycles. The summed E-state index contributed by atoms with van der Waals surface area (Å²) in [6.45, 7) is 3.56. The number of hydrogen-bond acceptors (Lipinski definition) is 8. The number of carbonyl (C=O) groups excluding carboxylic acids is 2. The third-order valence-corrected chi connectivity index (χ3v) is 9.31.